The summed E-state index contributed by atoms with van der Waals surface area (Å²) in [5, 5.41) is 9.57. The van der Waals surface area contributed by atoms with E-state index in [0.717, 1.165) is 46.4 Å². The largest absolute Gasteiger partial charge is 0.489 e. The average Bonchev–Trinajstić information content (AvgIpc) is 3.47. The zero-order valence-corrected chi connectivity index (χ0v) is 19.6. The summed E-state index contributed by atoms with van der Waals surface area (Å²) in [6.07, 6.45) is 4.49. The second-order valence-corrected chi connectivity index (χ2v) is 9.46. The van der Waals surface area contributed by atoms with Crippen LogP contribution in [0.2, 0.25) is 5.02 Å². The SMILES string of the molecule is O=C(O)Cc1cc(-c2cccc(COc3ccc4c(c3)CN(C3CCCC3)C4=O)c2)ccc1Cl. The Balaban J connectivity index is 1.28. The van der Waals surface area contributed by atoms with Crippen molar-refractivity contribution in [2.24, 2.45) is 0 Å². The van der Waals surface area contributed by atoms with E-state index in [1.165, 1.54) is 12.8 Å². The molecule has 174 valence electrons. The highest BCUT2D eigenvalue weighted by Gasteiger charge is 2.34. The molecule has 0 aromatic heterocycles. The normalized spacial score (nSPS) is 15.6. The lowest BCUT2D eigenvalue weighted by Gasteiger charge is -2.23. The lowest BCUT2D eigenvalue weighted by atomic mass is 10.00. The quantitative estimate of drug-likeness (QED) is 0.447. The van der Waals surface area contributed by atoms with Gasteiger partial charge in [0.25, 0.3) is 5.91 Å². The number of benzene rings is 3. The number of fused-ring (bicyclic) bond motifs is 1. The third-order valence-electron chi connectivity index (χ3n) is 6.73. The molecule has 0 atom stereocenters. The maximum Gasteiger partial charge on any atom is 0.307 e. The van der Waals surface area contributed by atoms with Crippen LogP contribution in [0.25, 0.3) is 11.1 Å². The highest BCUT2D eigenvalue weighted by atomic mass is 35.5. The van der Waals surface area contributed by atoms with Gasteiger partial charge in [-0.2, -0.15) is 0 Å². The maximum atomic E-state index is 12.8. The van der Waals surface area contributed by atoms with Crippen LogP contribution in [0.3, 0.4) is 0 Å². The van der Waals surface area contributed by atoms with Crippen molar-refractivity contribution in [2.45, 2.75) is 51.3 Å². The standard InChI is InChI=1S/C28H26ClNO4/c29-26-11-8-20(13-21(26)15-27(31)32)19-5-3-4-18(12-19)17-34-24-9-10-25-22(14-24)16-30(28(25)33)23-6-1-2-7-23/h3-5,8-14,23H,1-2,6-7,15-17H2,(H,31,32). The Bertz CT molecular complexity index is 1250. The molecule has 1 aliphatic carbocycles. The first-order valence-corrected chi connectivity index (χ1v) is 12.0. The van der Waals surface area contributed by atoms with Crippen LogP contribution in [0.15, 0.2) is 60.7 Å². The molecule has 0 spiro atoms. The van der Waals surface area contributed by atoms with Gasteiger partial charge in [-0.25, -0.2) is 0 Å². The fraction of sp³-hybridized carbons (Fsp3) is 0.286. The third-order valence-corrected chi connectivity index (χ3v) is 7.10. The predicted octanol–water partition coefficient (Wildman–Crippen LogP) is 6.11. The van der Waals surface area contributed by atoms with Crippen molar-refractivity contribution in [3.63, 3.8) is 0 Å². The van der Waals surface area contributed by atoms with Gasteiger partial charge in [-0.05, 0) is 77.1 Å². The number of hydrogen-bond acceptors (Lipinski definition) is 3. The van der Waals surface area contributed by atoms with Crippen molar-refractivity contribution in [1.29, 1.82) is 0 Å². The second kappa shape index (κ2) is 9.51. The Labute approximate surface area is 203 Å². The van der Waals surface area contributed by atoms with Crippen LogP contribution in [-0.2, 0) is 24.4 Å². The van der Waals surface area contributed by atoms with Gasteiger partial charge in [0.1, 0.15) is 12.4 Å². The highest BCUT2D eigenvalue weighted by Crippen LogP contribution is 2.33. The van der Waals surface area contributed by atoms with Gasteiger partial charge < -0.3 is 14.7 Å². The van der Waals surface area contributed by atoms with E-state index in [0.29, 0.717) is 29.8 Å². The number of rotatable bonds is 7. The summed E-state index contributed by atoms with van der Waals surface area (Å²) in [6, 6.07) is 19.5. The van der Waals surface area contributed by atoms with Crippen molar-refractivity contribution in [1.82, 2.24) is 4.90 Å². The Kier molecular flexibility index (Phi) is 6.29. The second-order valence-electron chi connectivity index (χ2n) is 9.06. The molecule has 1 amide bonds. The van der Waals surface area contributed by atoms with Crippen molar-refractivity contribution in [2.75, 3.05) is 0 Å². The van der Waals surface area contributed by atoms with Gasteiger partial charge in [-0.1, -0.05) is 48.7 Å². The highest BCUT2D eigenvalue weighted by molar-refractivity contribution is 6.31. The zero-order chi connectivity index (χ0) is 23.7. The van der Waals surface area contributed by atoms with E-state index in [-0.39, 0.29) is 12.3 Å². The van der Waals surface area contributed by atoms with E-state index in [9.17, 15) is 9.59 Å². The van der Waals surface area contributed by atoms with Crippen molar-refractivity contribution in [3.05, 3.63) is 87.9 Å². The molecule has 0 saturated heterocycles. The van der Waals surface area contributed by atoms with Gasteiger partial charge >= 0.3 is 5.97 Å². The van der Waals surface area contributed by atoms with E-state index < -0.39 is 5.97 Å². The first-order chi connectivity index (χ1) is 16.5. The molecule has 0 radical (unpaired) electrons. The zero-order valence-electron chi connectivity index (χ0n) is 18.8. The Morgan fingerprint density at radius 2 is 1.82 bits per heavy atom. The fourth-order valence-electron chi connectivity index (χ4n) is 4.98. The summed E-state index contributed by atoms with van der Waals surface area (Å²) in [5.41, 5.74) is 5.29. The van der Waals surface area contributed by atoms with Gasteiger partial charge in [0.2, 0.25) is 0 Å². The molecule has 1 heterocycles. The summed E-state index contributed by atoms with van der Waals surface area (Å²) in [7, 11) is 0. The van der Waals surface area contributed by atoms with Gasteiger partial charge in [-0.3, -0.25) is 9.59 Å². The van der Waals surface area contributed by atoms with Crippen molar-refractivity contribution >= 4 is 23.5 Å². The minimum absolute atomic E-state index is 0.117. The Hall–Kier alpha value is -3.31. The molecule has 5 rings (SSSR count). The van der Waals surface area contributed by atoms with Crippen LogP contribution >= 0.6 is 11.6 Å². The molecule has 1 fully saturated rings. The number of carboxylic acids is 1. The number of carboxylic acid groups (broad SMARTS) is 1. The van der Waals surface area contributed by atoms with E-state index in [1.54, 1.807) is 6.07 Å². The predicted molar refractivity (Wildman–Crippen MR) is 131 cm³/mol. The molecule has 0 bridgehead atoms. The topological polar surface area (TPSA) is 66.8 Å². The molecule has 34 heavy (non-hydrogen) atoms. The molecule has 3 aromatic carbocycles. The molecule has 1 saturated carbocycles. The van der Waals surface area contributed by atoms with Gasteiger partial charge in [0.05, 0.1) is 6.42 Å². The molecule has 5 nitrogen and oxygen atoms in total. The Morgan fingerprint density at radius 1 is 1.03 bits per heavy atom. The molecule has 0 unspecified atom stereocenters. The van der Waals surface area contributed by atoms with Crippen LogP contribution in [0.1, 0.15) is 52.7 Å². The lowest BCUT2D eigenvalue weighted by Crippen LogP contribution is -2.33. The molecule has 2 aliphatic rings. The summed E-state index contributed by atoms with van der Waals surface area (Å²) < 4.78 is 6.07. The smallest absolute Gasteiger partial charge is 0.307 e. The molecular weight excluding hydrogens is 450 g/mol. The number of aliphatic carboxylic acids is 1. The number of carbonyl (C=O) groups excluding carboxylic acids is 1. The monoisotopic (exact) mass is 475 g/mol. The minimum atomic E-state index is -0.913. The Morgan fingerprint density at radius 3 is 2.62 bits per heavy atom. The van der Waals surface area contributed by atoms with Crippen molar-refractivity contribution < 1.29 is 19.4 Å². The van der Waals surface area contributed by atoms with E-state index in [1.807, 2.05) is 59.5 Å². The minimum Gasteiger partial charge on any atom is -0.489 e. The van der Waals surface area contributed by atoms with Crippen LogP contribution < -0.4 is 4.74 Å². The number of ether oxygens (including phenoxy) is 1. The van der Waals surface area contributed by atoms with Crippen LogP contribution in [-0.4, -0.2) is 27.9 Å². The van der Waals surface area contributed by atoms with E-state index in [4.69, 9.17) is 21.4 Å². The van der Waals surface area contributed by atoms with Crippen LogP contribution in [0.5, 0.6) is 5.75 Å². The number of hydrogen-bond donors (Lipinski definition) is 1. The number of halogens is 1. The maximum absolute atomic E-state index is 12.8. The van der Waals surface area contributed by atoms with Gasteiger partial charge in [0.15, 0.2) is 0 Å². The molecule has 3 aromatic rings. The van der Waals surface area contributed by atoms with Gasteiger partial charge in [0, 0.05) is 23.2 Å². The first kappa shape index (κ1) is 22.5. The number of carbonyl (C=O) groups is 2. The molecule has 1 N–H and O–H groups in total. The number of nitrogens with zero attached hydrogens (tertiary/aromatic N) is 1. The molecule has 6 heteroatoms. The van der Waals surface area contributed by atoms with Crippen molar-refractivity contribution in [3.8, 4) is 16.9 Å². The fourth-order valence-corrected chi connectivity index (χ4v) is 5.16. The summed E-state index contributed by atoms with van der Waals surface area (Å²) >= 11 is 6.16. The first-order valence-electron chi connectivity index (χ1n) is 11.6. The summed E-state index contributed by atoms with van der Waals surface area (Å²) in [5.74, 6) is -0.0181. The summed E-state index contributed by atoms with van der Waals surface area (Å²) in [6.45, 7) is 1.06. The van der Waals surface area contributed by atoms with Crippen LogP contribution in [0.4, 0.5) is 0 Å². The van der Waals surface area contributed by atoms with E-state index >= 15 is 0 Å². The third kappa shape index (κ3) is 4.66. The van der Waals surface area contributed by atoms with Gasteiger partial charge in [-0.15, -0.1) is 0 Å². The molecule has 1 aliphatic heterocycles. The van der Waals surface area contributed by atoms with Crippen LogP contribution in [0, 0.1) is 0 Å². The number of amides is 1. The summed E-state index contributed by atoms with van der Waals surface area (Å²) in [4.78, 5) is 25.9. The molecular formula is C28H26ClNO4. The lowest BCUT2D eigenvalue weighted by molar-refractivity contribution is -0.136. The van der Waals surface area contributed by atoms with E-state index in [2.05, 4.69) is 0 Å². The average molecular weight is 476 g/mol.